The maximum atomic E-state index is 11.2. The number of benzene rings is 1. The zero-order chi connectivity index (χ0) is 15.6. The first-order chi connectivity index (χ1) is 9.73. The van der Waals surface area contributed by atoms with Crippen LogP contribution in [0, 0.1) is 0 Å². The number of aromatic nitrogens is 3. The summed E-state index contributed by atoms with van der Waals surface area (Å²) in [6, 6.07) is 4.77. The summed E-state index contributed by atoms with van der Waals surface area (Å²) in [5, 5.41) is 3.63. The van der Waals surface area contributed by atoms with Crippen LogP contribution in [0.15, 0.2) is 18.2 Å². The van der Waals surface area contributed by atoms with Crippen molar-refractivity contribution in [3.63, 3.8) is 0 Å². The Morgan fingerprint density at radius 2 is 1.81 bits per heavy atom. The predicted molar refractivity (Wildman–Crippen MR) is 82.5 cm³/mol. The molecule has 1 heterocycles. The van der Waals surface area contributed by atoms with Gasteiger partial charge in [-0.2, -0.15) is 15.0 Å². The molecule has 0 aliphatic carbocycles. The number of nitrogens with zero attached hydrogens (tertiary/aromatic N) is 3. The van der Waals surface area contributed by atoms with E-state index >= 15 is 0 Å². The Hall–Kier alpha value is -1.84. The first-order valence-electron chi connectivity index (χ1n) is 5.44. The van der Waals surface area contributed by atoms with Gasteiger partial charge < -0.3 is 11.1 Å². The SMILES string of the molecule is CS(=O)(=O)Nc1nc(N)nc(Nc2cc(Cl)ccc2Cl)n1. The van der Waals surface area contributed by atoms with Gasteiger partial charge in [0.25, 0.3) is 0 Å². The van der Waals surface area contributed by atoms with E-state index < -0.39 is 10.0 Å². The zero-order valence-corrected chi connectivity index (χ0v) is 13.0. The molecule has 0 bridgehead atoms. The van der Waals surface area contributed by atoms with E-state index in [2.05, 4.69) is 25.0 Å². The summed E-state index contributed by atoms with van der Waals surface area (Å²) < 4.78 is 24.4. The number of sulfonamides is 1. The molecule has 0 amide bonds. The number of hydrogen-bond donors (Lipinski definition) is 3. The Balaban J connectivity index is 2.34. The molecule has 21 heavy (non-hydrogen) atoms. The Bertz CT molecular complexity index is 783. The van der Waals surface area contributed by atoms with Crippen LogP contribution in [-0.4, -0.2) is 29.6 Å². The molecule has 112 valence electrons. The standard InChI is InChI=1S/C10H10Cl2N6O2S/c1-21(19,20)18-10-16-8(13)15-9(17-10)14-7-4-5(11)2-3-6(7)12/h2-4H,1H3,(H4,13,14,15,16,17,18). The lowest BCUT2D eigenvalue weighted by atomic mass is 10.3. The highest BCUT2D eigenvalue weighted by atomic mass is 35.5. The number of hydrogen-bond acceptors (Lipinski definition) is 7. The molecule has 0 aliphatic heterocycles. The van der Waals surface area contributed by atoms with Gasteiger partial charge in [0.2, 0.25) is 27.9 Å². The molecule has 11 heteroatoms. The molecule has 0 unspecified atom stereocenters. The molecule has 0 saturated heterocycles. The van der Waals surface area contributed by atoms with Crippen molar-refractivity contribution in [3.05, 3.63) is 28.2 Å². The molecule has 1 aromatic heterocycles. The average molecular weight is 349 g/mol. The van der Waals surface area contributed by atoms with E-state index in [4.69, 9.17) is 28.9 Å². The lowest BCUT2D eigenvalue weighted by molar-refractivity contribution is 0.606. The Kier molecular flexibility index (Phi) is 4.35. The van der Waals surface area contributed by atoms with Crippen molar-refractivity contribution in [2.45, 2.75) is 0 Å². The summed E-state index contributed by atoms with van der Waals surface area (Å²) in [6.07, 6.45) is 0.966. The highest BCUT2D eigenvalue weighted by Gasteiger charge is 2.10. The number of rotatable bonds is 4. The van der Waals surface area contributed by atoms with Crippen LogP contribution >= 0.6 is 23.2 Å². The third kappa shape index (κ3) is 4.59. The van der Waals surface area contributed by atoms with Crippen LogP contribution in [0.3, 0.4) is 0 Å². The summed E-state index contributed by atoms with van der Waals surface area (Å²) in [5.74, 6) is -0.333. The molecule has 2 aromatic rings. The fourth-order valence-electron chi connectivity index (χ4n) is 1.37. The van der Waals surface area contributed by atoms with E-state index in [1.165, 1.54) is 0 Å². The molecular weight excluding hydrogens is 339 g/mol. The van der Waals surface area contributed by atoms with E-state index in [-0.39, 0.29) is 17.8 Å². The number of nitrogen functional groups attached to an aromatic ring is 1. The van der Waals surface area contributed by atoms with E-state index in [9.17, 15) is 8.42 Å². The van der Waals surface area contributed by atoms with Gasteiger partial charge in [0.15, 0.2) is 0 Å². The van der Waals surface area contributed by atoms with E-state index in [0.717, 1.165) is 6.26 Å². The summed E-state index contributed by atoms with van der Waals surface area (Å²) in [6.45, 7) is 0. The third-order valence-corrected chi connectivity index (χ3v) is 3.22. The van der Waals surface area contributed by atoms with Crippen LogP contribution < -0.4 is 15.8 Å². The van der Waals surface area contributed by atoms with Gasteiger partial charge >= 0.3 is 0 Å². The molecule has 2 rings (SSSR count). The van der Waals surface area contributed by atoms with Gasteiger partial charge in [0.05, 0.1) is 17.0 Å². The third-order valence-electron chi connectivity index (χ3n) is 2.10. The van der Waals surface area contributed by atoms with Crippen LogP contribution in [0.4, 0.5) is 23.5 Å². The molecule has 1 aromatic carbocycles. The van der Waals surface area contributed by atoms with Crippen LogP contribution in [0.2, 0.25) is 10.0 Å². The molecule has 0 atom stereocenters. The van der Waals surface area contributed by atoms with Gasteiger partial charge in [-0.15, -0.1) is 0 Å². The van der Waals surface area contributed by atoms with Crippen molar-refractivity contribution in [1.29, 1.82) is 0 Å². The van der Waals surface area contributed by atoms with E-state index in [1.807, 2.05) is 0 Å². The maximum absolute atomic E-state index is 11.2. The van der Waals surface area contributed by atoms with Crippen molar-refractivity contribution in [2.24, 2.45) is 0 Å². The van der Waals surface area contributed by atoms with Gasteiger partial charge in [0, 0.05) is 5.02 Å². The minimum absolute atomic E-state index is 0.0258. The first kappa shape index (κ1) is 15.5. The van der Waals surface area contributed by atoms with Crippen LogP contribution in [0.25, 0.3) is 0 Å². The van der Waals surface area contributed by atoms with E-state index in [1.54, 1.807) is 18.2 Å². The van der Waals surface area contributed by atoms with Crippen LogP contribution in [0.1, 0.15) is 0 Å². The summed E-state index contributed by atoms with van der Waals surface area (Å²) in [5.41, 5.74) is 5.95. The van der Waals surface area contributed by atoms with Crippen molar-refractivity contribution in [3.8, 4) is 0 Å². The minimum atomic E-state index is -3.53. The monoisotopic (exact) mass is 348 g/mol. The van der Waals surface area contributed by atoms with Crippen molar-refractivity contribution < 1.29 is 8.42 Å². The molecule has 0 radical (unpaired) electrons. The fraction of sp³-hybridized carbons (Fsp3) is 0.100. The van der Waals surface area contributed by atoms with Crippen LogP contribution in [0.5, 0.6) is 0 Å². The Labute approximate surface area is 130 Å². The maximum Gasteiger partial charge on any atom is 0.243 e. The second-order valence-corrected chi connectivity index (χ2v) is 6.56. The van der Waals surface area contributed by atoms with Gasteiger partial charge in [-0.05, 0) is 18.2 Å². The first-order valence-corrected chi connectivity index (χ1v) is 8.09. The summed E-state index contributed by atoms with van der Waals surface area (Å²) in [4.78, 5) is 11.4. The molecule has 0 spiro atoms. The summed E-state index contributed by atoms with van der Waals surface area (Å²) in [7, 11) is -3.53. The van der Waals surface area contributed by atoms with Gasteiger partial charge in [0.1, 0.15) is 0 Å². The average Bonchev–Trinajstić information content (AvgIpc) is 2.31. The van der Waals surface area contributed by atoms with Gasteiger partial charge in [-0.1, -0.05) is 23.2 Å². The second-order valence-electron chi connectivity index (χ2n) is 3.96. The smallest absolute Gasteiger partial charge is 0.243 e. The Morgan fingerprint density at radius 1 is 1.14 bits per heavy atom. The van der Waals surface area contributed by atoms with E-state index in [0.29, 0.717) is 15.7 Å². The molecule has 8 nitrogen and oxygen atoms in total. The molecule has 0 aliphatic rings. The molecule has 0 saturated carbocycles. The van der Waals surface area contributed by atoms with Gasteiger partial charge in [-0.3, -0.25) is 4.72 Å². The number of nitrogens with two attached hydrogens (primary N) is 1. The van der Waals surface area contributed by atoms with Crippen molar-refractivity contribution in [2.75, 3.05) is 22.0 Å². The topological polar surface area (TPSA) is 123 Å². The number of anilines is 4. The van der Waals surface area contributed by atoms with Crippen molar-refractivity contribution in [1.82, 2.24) is 15.0 Å². The Morgan fingerprint density at radius 3 is 2.48 bits per heavy atom. The quantitative estimate of drug-likeness (QED) is 0.770. The second kappa shape index (κ2) is 5.88. The predicted octanol–water partition coefficient (Wildman–Crippen LogP) is 1.88. The molecular formula is C10H10Cl2N6O2S. The van der Waals surface area contributed by atoms with Gasteiger partial charge in [-0.25, -0.2) is 8.42 Å². The summed E-state index contributed by atoms with van der Waals surface area (Å²) >= 11 is 11.9. The lowest BCUT2D eigenvalue weighted by Gasteiger charge is -2.09. The highest BCUT2D eigenvalue weighted by molar-refractivity contribution is 7.91. The highest BCUT2D eigenvalue weighted by Crippen LogP contribution is 2.27. The minimum Gasteiger partial charge on any atom is -0.368 e. The zero-order valence-electron chi connectivity index (χ0n) is 10.6. The normalized spacial score (nSPS) is 11.2. The number of nitrogens with one attached hydrogen (secondary N) is 2. The molecule has 0 fully saturated rings. The van der Waals surface area contributed by atoms with Crippen molar-refractivity contribution >= 4 is 56.8 Å². The largest absolute Gasteiger partial charge is 0.368 e. The number of halogens is 2. The van der Waals surface area contributed by atoms with Crippen LogP contribution in [-0.2, 0) is 10.0 Å². The molecule has 4 N–H and O–H groups in total. The lowest BCUT2D eigenvalue weighted by Crippen LogP contribution is -2.14. The fourth-order valence-corrected chi connectivity index (χ4v) is 2.13.